The third-order valence-electron chi connectivity index (χ3n) is 5.72. The largest absolute Gasteiger partial charge is 0.465 e. The van der Waals surface area contributed by atoms with E-state index in [-0.39, 0.29) is 25.1 Å². The van der Waals surface area contributed by atoms with E-state index in [0.29, 0.717) is 5.39 Å². The minimum Gasteiger partial charge on any atom is -0.465 e. The molecule has 3 aromatic rings. The lowest BCUT2D eigenvalue weighted by molar-refractivity contribution is -0.146. The summed E-state index contributed by atoms with van der Waals surface area (Å²) < 4.78 is 29.3. The van der Waals surface area contributed by atoms with E-state index in [9.17, 15) is 18.0 Å². The van der Waals surface area contributed by atoms with Gasteiger partial charge in [-0.25, -0.2) is 8.42 Å². The zero-order valence-electron chi connectivity index (χ0n) is 18.2. The van der Waals surface area contributed by atoms with E-state index in [1.165, 1.54) is 17.1 Å². The third kappa shape index (κ3) is 4.56. The summed E-state index contributed by atoms with van der Waals surface area (Å²) in [4.78, 5) is 25.3. The summed E-state index contributed by atoms with van der Waals surface area (Å²) in [6.07, 6.45) is 2.59. The molecule has 2 aromatic carbocycles. The monoisotopic (exact) mass is 441 g/mol. The maximum Gasteiger partial charge on any atom is 0.327 e. The van der Waals surface area contributed by atoms with Crippen LogP contribution >= 0.6 is 0 Å². The predicted molar refractivity (Wildman–Crippen MR) is 123 cm³/mol. The van der Waals surface area contributed by atoms with Gasteiger partial charge >= 0.3 is 5.97 Å². The van der Waals surface area contributed by atoms with Crippen molar-refractivity contribution in [1.29, 1.82) is 0 Å². The molecule has 0 bridgehead atoms. The van der Waals surface area contributed by atoms with Gasteiger partial charge in [-0.2, -0.15) is 0 Å². The van der Waals surface area contributed by atoms with Gasteiger partial charge in [0.15, 0.2) is 14.6 Å². The number of hydrogen-bond acceptors (Lipinski definition) is 5. The van der Waals surface area contributed by atoms with Crippen LogP contribution < -0.4 is 5.56 Å². The topological polar surface area (TPSA) is 82.4 Å². The smallest absolute Gasteiger partial charge is 0.327 e. The Balaban J connectivity index is 1.92. The van der Waals surface area contributed by atoms with Crippen molar-refractivity contribution in [3.63, 3.8) is 0 Å². The van der Waals surface area contributed by atoms with Gasteiger partial charge in [0.05, 0.1) is 6.61 Å². The van der Waals surface area contributed by atoms with E-state index < -0.39 is 20.6 Å². The zero-order valence-corrected chi connectivity index (χ0v) is 19.0. The van der Waals surface area contributed by atoms with E-state index in [4.69, 9.17) is 4.74 Å². The first-order valence-electron chi connectivity index (χ1n) is 10.1. The van der Waals surface area contributed by atoms with Crippen molar-refractivity contribution in [2.75, 3.05) is 12.9 Å². The SMILES string of the molecule is CCOC(=O)[C@@](C)(CCn1ccc2cc(-c3ccc(C)cc3)ccc2c1=O)S(C)(=O)=O. The Morgan fingerprint density at radius 1 is 1.06 bits per heavy atom. The molecule has 0 saturated carbocycles. The molecule has 0 amide bonds. The minimum atomic E-state index is -3.74. The van der Waals surface area contributed by atoms with Crippen LogP contribution in [0.1, 0.15) is 25.8 Å². The number of aryl methyl sites for hydroxylation is 2. The molecule has 1 heterocycles. The van der Waals surface area contributed by atoms with E-state index in [1.54, 1.807) is 19.2 Å². The second-order valence-electron chi connectivity index (χ2n) is 7.96. The fourth-order valence-electron chi connectivity index (χ4n) is 3.45. The standard InChI is InChI=1S/C24H27NO5S/c1-5-30-23(27)24(3,31(4,28)29)13-15-25-14-12-20-16-19(10-11-21(20)22(25)26)18-8-6-17(2)7-9-18/h6-12,14,16H,5,13,15H2,1-4H3/t24-/m1/s1. The molecule has 3 rings (SSSR count). The molecule has 0 fully saturated rings. The Morgan fingerprint density at radius 3 is 2.32 bits per heavy atom. The molecule has 0 spiro atoms. The number of aromatic nitrogens is 1. The van der Waals surface area contributed by atoms with Gasteiger partial charge in [0, 0.05) is 24.4 Å². The minimum absolute atomic E-state index is 0.0580. The zero-order chi connectivity index (χ0) is 22.8. The molecule has 0 unspecified atom stereocenters. The highest BCUT2D eigenvalue weighted by atomic mass is 32.2. The Hall–Kier alpha value is -2.93. The van der Waals surface area contributed by atoms with E-state index >= 15 is 0 Å². The number of sulfone groups is 1. The number of benzene rings is 2. The summed E-state index contributed by atoms with van der Waals surface area (Å²) in [5.74, 6) is -0.797. The number of hydrogen-bond donors (Lipinski definition) is 0. The Bertz CT molecular complexity index is 1280. The lowest BCUT2D eigenvalue weighted by Gasteiger charge is -2.25. The van der Waals surface area contributed by atoms with Crippen LogP contribution in [0.5, 0.6) is 0 Å². The van der Waals surface area contributed by atoms with Crippen LogP contribution in [0, 0.1) is 6.92 Å². The summed E-state index contributed by atoms with van der Waals surface area (Å²) in [6.45, 7) is 5.17. The lowest BCUT2D eigenvalue weighted by Crippen LogP contribution is -2.45. The van der Waals surface area contributed by atoms with Crippen LogP contribution in [-0.2, 0) is 25.9 Å². The van der Waals surface area contributed by atoms with Crippen LogP contribution in [0.2, 0.25) is 0 Å². The molecule has 7 heteroatoms. The summed E-state index contributed by atoms with van der Waals surface area (Å²) in [5.41, 5.74) is 3.02. The summed E-state index contributed by atoms with van der Waals surface area (Å²) in [5, 5.41) is 1.34. The van der Waals surface area contributed by atoms with Crippen molar-refractivity contribution < 1.29 is 17.9 Å². The Kier molecular flexibility index (Phi) is 6.36. The van der Waals surface area contributed by atoms with Gasteiger partial charge in [-0.1, -0.05) is 35.9 Å². The normalized spacial score (nSPS) is 13.7. The highest BCUT2D eigenvalue weighted by molar-refractivity contribution is 7.92. The molecule has 0 aliphatic rings. The van der Waals surface area contributed by atoms with Crippen LogP contribution in [0.15, 0.2) is 59.5 Å². The molecular formula is C24H27NO5S. The van der Waals surface area contributed by atoms with Gasteiger partial charge in [-0.05, 0) is 61.9 Å². The first-order valence-corrected chi connectivity index (χ1v) is 12.0. The molecule has 6 nitrogen and oxygen atoms in total. The van der Waals surface area contributed by atoms with E-state index in [1.807, 2.05) is 49.4 Å². The number of nitrogens with zero attached hydrogens (tertiary/aromatic N) is 1. The molecule has 0 aliphatic heterocycles. The molecule has 0 radical (unpaired) electrons. The number of carbonyl (C=O) groups is 1. The second-order valence-corrected chi connectivity index (χ2v) is 10.4. The van der Waals surface area contributed by atoms with Crippen molar-refractivity contribution in [2.24, 2.45) is 0 Å². The van der Waals surface area contributed by atoms with Crippen LogP contribution in [0.4, 0.5) is 0 Å². The lowest BCUT2D eigenvalue weighted by atomic mass is 10.0. The fraction of sp³-hybridized carbons (Fsp3) is 0.333. The van der Waals surface area contributed by atoms with Gasteiger partial charge in [0.2, 0.25) is 0 Å². The van der Waals surface area contributed by atoms with Gasteiger partial charge in [-0.15, -0.1) is 0 Å². The maximum absolute atomic E-state index is 13.0. The highest BCUT2D eigenvalue weighted by Gasteiger charge is 2.44. The first-order chi connectivity index (χ1) is 14.6. The number of carbonyl (C=O) groups excluding carboxylic acids is 1. The van der Waals surface area contributed by atoms with Crippen molar-refractivity contribution in [1.82, 2.24) is 4.57 Å². The quantitative estimate of drug-likeness (QED) is 0.522. The molecule has 0 N–H and O–H groups in total. The molecule has 0 saturated heterocycles. The summed E-state index contributed by atoms with van der Waals surface area (Å²) in [6, 6.07) is 15.6. The van der Waals surface area contributed by atoms with E-state index in [2.05, 4.69) is 0 Å². The third-order valence-corrected chi connectivity index (χ3v) is 7.72. The Morgan fingerprint density at radius 2 is 1.71 bits per heavy atom. The number of rotatable bonds is 7. The summed E-state index contributed by atoms with van der Waals surface area (Å²) >= 11 is 0. The van der Waals surface area contributed by atoms with Crippen LogP contribution in [-0.4, -0.2) is 36.6 Å². The highest BCUT2D eigenvalue weighted by Crippen LogP contribution is 2.25. The Labute approximate surface area is 182 Å². The average Bonchev–Trinajstić information content (AvgIpc) is 2.72. The molecule has 0 aliphatic carbocycles. The van der Waals surface area contributed by atoms with Gasteiger partial charge in [-0.3, -0.25) is 9.59 Å². The molecule has 1 aromatic heterocycles. The van der Waals surface area contributed by atoms with Gasteiger partial charge in [0.1, 0.15) is 0 Å². The molecule has 31 heavy (non-hydrogen) atoms. The van der Waals surface area contributed by atoms with Crippen LogP contribution in [0.25, 0.3) is 21.9 Å². The van der Waals surface area contributed by atoms with Gasteiger partial charge < -0.3 is 9.30 Å². The van der Waals surface area contributed by atoms with Gasteiger partial charge in [0.25, 0.3) is 5.56 Å². The molecular weight excluding hydrogens is 414 g/mol. The van der Waals surface area contributed by atoms with Crippen LogP contribution in [0.3, 0.4) is 0 Å². The number of ether oxygens (including phenoxy) is 1. The summed E-state index contributed by atoms with van der Waals surface area (Å²) in [7, 11) is -3.74. The maximum atomic E-state index is 13.0. The van der Waals surface area contributed by atoms with Crippen molar-refractivity contribution in [3.8, 4) is 11.1 Å². The van der Waals surface area contributed by atoms with E-state index in [0.717, 1.165) is 22.8 Å². The molecule has 164 valence electrons. The second kappa shape index (κ2) is 8.67. The van der Waals surface area contributed by atoms with Crippen molar-refractivity contribution in [3.05, 3.63) is 70.6 Å². The number of fused-ring (bicyclic) bond motifs is 1. The number of esters is 1. The molecule has 1 atom stereocenters. The first kappa shape index (κ1) is 22.7. The van der Waals surface area contributed by atoms with Crippen molar-refractivity contribution in [2.45, 2.75) is 38.5 Å². The van der Waals surface area contributed by atoms with Crippen molar-refractivity contribution >= 4 is 26.6 Å². The predicted octanol–water partition coefficient (Wildman–Crippen LogP) is 3.73. The average molecular weight is 442 g/mol. The number of pyridine rings is 1. The fourth-order valence-corrected chi connectivity index (χ4v) is 4.27.